The SMILES string of the molecule is CCc1nn(C)cc1NC(=O)c1cc(C)nc(NN)c1. The number of carbonyl (C=O) groups excluding carboxylic acids is 1. The molecule has 0 spiro atoms. The van der Waals surface area contributed by atoms with Crippen molar-refractivity contribution in [2.45, 2.75) is 20.3 Å². The molecule has 0 saturated heterocycles. The summed E-state index contributed by atoms with van der Waals surface area (Å²) in [5.41, 5.74) is 5.23. The van der Waals surface area contributed by atoms with Crippen LogP contribution < -0.4 is 16.6 Å². The topological polar surface area (TPSA) is 97.9 Å². The van der Waals surface area contributed by atoms with E-state index in [-0.39, 0.29) is 5.91 Å². The van der Waals surface area contributed by atoms with Crippen LogP contribution in [0.25, 0.3) is 0 Å². The number of hydrazine groups is 1. The van der Waals surface area contributed by atoms with Gasteiger partial charge in [-0.05, 0) is 25.5 Å². The third-order valence-corrected chi connectivity index (χ3v) is 2.85. The molecule has 2 rings (SSSR count). The minimum Gasteiger partial charge on any atom is -0.319 e. The fraction of sp³-hybridized carbons (Fsp3) is 0.308. The summed E-state index contributed by atoms with van der Waals surface area (Å²) in [6.07, 6.45) is 2.54. The lowest BCUT2D eigenvalue weighted by Crippen LogP contribution is -2.15. The summed E-state index contributed by atoms with van der Waals surface area (Å²) in [5.74, 6) is 5.57. The van der Waals surface area contributed by atoms with Gasteiger partial charge in [0, 0.05) is 24.5 Å². The number of aryl methyl sites for hydroxylation is 3. The van der Waals surface area contributed by atoms with E-state index in [0.29, 0.717) is 17.1 Å². The first-order valence-electron chi connectivity index (χ1n) is 6.32. The van der Waals surface area contributed by atoms with E-state index >= 15 is 0 Å². The molecule has 0 saturated carbocycles. The zero-order valence-corrected chi connectivity index (χ0v) is 11.8. The molecule has 2 aromatic heterocycles. The Bertz CT molecular complexity index is 634. The summed E-state index contributed by atoms with van der Waals surface area (Å²) in [7, 11) is 1.82. The van der Waals surface area contributed by atoms with Gasteiger partial charge in [0.15, 0.2) is 0 Å². The standard InChI is InChI=1S/C13H18N6O/c1-4-10-11(7-19(3)18-10)16-13(20)9-5-8(2)15-12(6-9)17-14/h5-7H,4,14H2,1-3H3,(H,15,17)(H,16,20). The van der Waals surface area contributed by atoms with Gasteiger partial charge in [-0.15, -0.1) is 0 Å². The molecule has 7 nitrogen and oxygen atoms in total. The summed E-state index contributed by atoms with van der Waals surface area (Å²) in [6.45, 7) is 3.80. The molecular weight excluding hydrogens is 256 g/mol. The van der Waals surface area contributed by atoms with Crippen LogP contribution in [-0.2, 0) is 13.5 Å². The minimum atomic E-state index is -0.213. The van der Waals surface area contributed by atoms with E-state index in [2.05, 4.69) is 20.8 Å². The van der Waals surface area contributed by atoms with Gasteiger partial charge in [-0.1, -0.05) is 6.92 Å². The predicted molar refractivity (Wildman–Crippen MR) is 77.3 cm³/mol. The number of amides is 1. The van der Waals surface area contributed by atoms with Crippen LogP contribution in [0, 0.1) is 6.92 Å². The second kappa shape index (κ2) is 5.70. The average Bonchev–Trinajstić information content (AvgIpc) is 2.77. The largest absolute Gasteiger partial charge is 0.319 e. The van der Waals surface area contributed by atoms with Crippen molar-refractivity contribution in [3.05, 3.63) is 35.3 Å². The summed E-state index contributed by atoms with van der Waals surface area (Å²) in [5, 5.41) is 7.14. The first-order valence-corrected chi connectivity index (χ1v) is 6.32. The zero-order valence-electron chi connectivity index (χ0n) is 11.8. The average molecular weight is 274 g/mol. The molecule has 0 aromatic carbocycles. The van der Waals surface area contributed by atoms with Crippen LogP contribution in [0.15, 0.2) is 18.3 Å². The Balaban J connectivity index is 2.25. The molecule has 4 N–H and O–H groups in total. The second-order valence-electron chi connectivity index (χ2n) is 4.50. The number of hydrogen-bond acceptors (Lipinski definition) is 5. The molecule has 2 heterocycles. The van der Waals surface area contributed by atoms with Crippen molar-refractivity contribution in [3.63, 3.8) is 0 Å². The van der Waals surface area contributed by atoms with Gasteiger partial charge in [-0.3, -0.25) is 9.48 Å². The molecule has 7 heteroatoms. The lowest BCUT2D eigenvalue weighted by Gasteiger charge is -2.07. The first kappa shape index (κ1) is 14.0. The Labute approximate surface area is 117 Å². The van der Waals surface area contributed by atoms with Gasteiger partial charge < -0.3 is 10.7 Å². The molecule has 20 heavy (non-hydrogen) atoms. The Morgan fingerprint density at radius 3 is 2.85 bits per heavy atom. The monoisotopic (exact) mass is 274 g/mol. The third kappa shape index (κ3) is 2.94. The Morgan fingerprint density at radius 1 is 1.45 bits per heavy atom. The maximum atomic E-state index is 12.3. The van der Waals surface area contributed by atoms with Crippen molar-refractivity contribution in [2.75, 3.05) is 10.7 Å². The van der Waals surface area contributed by atoms with E-state index in [0.717, 1.165) is 17.8 Å². The number of nitrogens with zero attached hydrogens (tertiary/aromatic N) is 3. The molecule has 0 aliphatic carbocycles. The predicted octanol–water partition coefficient (Wildman–Crippen LogP) is 1.22. The highest BCUT2D eigenvalue weighted by Crippen LogP contribution is 2.16. The molecule has 0 aliphatic heterocycles. The highest BCUT2D eigenvalue weighted by Gasteiger charge is 2.12. The van der Waals surface area contributed by atoms with E-state index in [1.54, 1.807) is 29.9 Å². The smallest absolute Gasteiger partial charge is 0.255 e. The number of rotatable bonds is 4. The number of hydrogen-bond donors (Lipinski definition) is 3. The minimum absolute atomic E-state index is 0.213. The molecule has 0 aliphatic rings. The normalized spacial score (nSPS) is 10.4. The Morgan fingerprint density at radius 2 is 2.20 bits per heavy atom. The zero-order chi connectivity index (χ0) is 14.7. The number of nitrogen functional groups attached to an aromatic ring is 1. The van der Waals surface area contributed by atoms with Crippen LogP contribution in [0.4, 0.5) is 11.5 Å². The molecule has 2 aromatic rings. The molecule has 1 amide bonds. The summed E-state index contributed by atoms with van der Waals surface area (Å²) in [4.78, 5) is 16.4. The van der Waals surface area contributed by atoms with E-state index in [1.165, 1.54) is 0 Å². The van der Waals surface area contributed by atoms with Crippen LogP contribution in [-0.4, -0.2) is 20.7 Å². The fourth-order valence-corrected chi connectivity index (χ4v) is 1.97. The third-order valence-electron chi connectivity index (χ3n) is 2.85. The molecular formula is C13H18N6O. The van der Waals surface area contributed by atoms with Crippen molar-refractivity contribution in [3.8, 4) is 0 Å². The lowest BCUT2D eigenvalue weighted by atomic mass is 10.2. The van der Waals surface area contributed by atoms with Gasteiger partial charge in [0.1, 0.15) is 5.82 Å². The van der Waals surface area contributed by atoms with Gasteiger partial charge in [-0.25, -0.2) is 10.8 Å². The van der Waals surface area contributed by atoms with Crippen molar-refractivity contribution >= 4 is 17.4 Å². The Kier molecular flexibility index (Phi) is 3.99. The van der Waals surface area contributed by atoms with E-state index in [1.807, 2.05) is 14.0 Å². The van der Waals surface area contributed by atoms with E-state index in [9.17, 15) is 4.79 Å². The van der Waals surface area contributed by atoms with Gasteiger partial charge in [-0.2, -0.15) is 5.10 Å². The highest BCUT2D eigenvalue weighted by atomic mass is 16.1. The number of nitrogens with one attached hydrogen (secondary N) is 2. The number of nitrogens with two attached hydrogens (primary N) is 1. The second-order valence-corrected chi connectivity index (χ2v) is 4.50. The quantitative estimate of drug-likeness (QED) is 0.575. The van der Waals surface area contributed by atoms with Crippen LogP contribution in [0.5, 0.6) is 0 Å². The maximum Gasteiger partial charge on any atom is 0.255 e. The summed E-state index contributed by atoms with van der Waals surface area (Å²) in [6, 6.07) is 3.31. The lowest BCUT2D eigenvalue weighted by molar-refractivity contribution is 0.102. The van der Waals surface area contributed by atoms with Crippen molar-refractivity contribution in [2.24, 2.45) is 12.9 Å². The summed E-state index contributed by atoms with van der Waals surface area (Å²) < 4.78 is 1.68. The molecule has 0 radical (unpaired) electrons. The number of anilines is 2. The highest BCUT2D eigenvalue weighted by molar-refractivity contribution is 6.05. The number of aromatic nitrogens is 3. The molecule has 106 valence electrons. The van der Waals surface area contributed by atoms with E-state index in [4.69, 9.17) is 5.84 Å². The van der Waals surface area contributed by atoms with Gasteiger partial charge in [0.05, 0.1) is 11.4 Å². The number of carbonyl (C=O) groups is 1. The van der Waals surface area contributed by atoms with Gasteiger partial charge in [0.25, 0.3) is 5.91 Å². The maximum absolute atomic E-state index is 12.3. The fourth-order valence-electron chi connectivity index (χ4n) is 1.97. The Hall–Kier alpha value is -2.41. The molecule has 0 fully saturated rings. The number of pyridine rings is 1. The van der Waals surface area contributed by atoms with Crippen LogP contribution in [0.1, 0.15) is 28.7 Å². The van der Waals surface area contributed by atoms with Gasteiger partial charge >= 0.3 is 0 Å². The van der Waals surface area contributed by atoms with Crippen LogP contribution >= 0.6 is 0 Å². The van der Waals surface area contributed by atoms with Crippen molar-refractivity contribution in [1.82, 2.24) is 14.8 Å². The van der Waals surface area contributed by atoms with Gasteiger partial charge in [0.2, 0.25) is 0 Å². The molecule has 0 unspecified atom stereocenters. The van der Waals surface area contributed by atoms with Crippen molar-refractivity contribution < 1.29 is 4.79 Å². The molecule has 0 bridgehead atoms. The van der Waals surface area contributed by atoms with Crippen LogP contribution in [0.3, 0.4) is 0 Å². The first-order chi connectivity index (χ1) is 9.53. The van der Waals surface area contributed by atoms with Crippen LogP contribution in [0.2, 0.25) is 0 Å². The van der Waals surface area contributed by atoms with E-state index < -0.39 is 0 Å². The molecule has 0 atom stereocenters. The summed E-state index contributed by atoms with van der Waals surface area (Å²) >= 11 is 0. The van der Waals surface area contributed by atoms with Crippen molar-refractivity contribution in [1.29, 1.82) is 0 Å².